The molecule has 4 heterocycles. The molecule has 5 heteroatoms. The van der Waals surface area contributed by atoms with Gasteiger partial charge in [0.05, 0.1) is 27.8 Å². The van der Waals surface area contributed by atoms with Crippen molar-refractivity contribution in [1.29, 1.82) is 0 Å². The fourth-order valence-corrected chi connectivity index (χ4v) is 8.88. The molecule has 11 aromatic rings. The molecule has 0 radical (unpaired) electrons. The second-order valence-electron chi connectivity index (χ2n) is 12.9. The van der Waals surface area contributed by atoms with E-state index < -0.39 is 0 Å². The summed E-state index contributed by atoms with van der Waals surface area (Å²) in [4.78, 5) is 10.8. The van der Waals surface area contributed by atoms with Gasteiger partial charge in [-0.1, -0.05) is 115 Å². The topological polar surface area (TPSA) is 43.9 Å². The molecule has 238 valence electrons. The molecule has 0 N–H and O–H groups in total. The van der Waals surface area contributed by atoms with Crippen molar-refractivity contribution in [3.05, 3.63) is 164 Å². The first kappa shape index (κ1) is 28.3. The highest BCUT2D eigenvalue weighted by atomic mass is 32.1. The largest absolute Gasteiger partial charge is 0.455 e. The van der Waals surface area contributed by atoms with Crippen LogP contribution in [0.25, 0.3) is 104 Å². The van der Waals surface area contributed by atoms with Gasteiger partial charge in [0.2, 0.25) is 5.95 Å². The highest BCUT2D eigenvalue weighted by Gasteiger charge is 2.22. The van der Waals surface area contributed by atoms with E-state index in [2.05, 4.69) is 156 Å². The van der Waals surface area contributed by atoms with E-state index in [1.165, 1.54) is 25.7 Å². The molecule has 51 heavy (non-hydrogen) atoms. The lowest BCUT2D eigenvalue weighted by Gasteiger charge is -2.13. The summed E-state index contributed by atoms with van der Waals surface area (Å²) < 4.78 is 11.3. The van der Waals surface area contributed by atoms with Crippen molar-refractivity contribution in [2.24, 2.45) is 0 Å². The summed E-state index contributed by atoms with van der Waals surface area (Å²) in [5.41, 5.74) is 9.97. The number of benzene rings is 7. The molecule has 11 rings (SSSR count). The van der Waals surface area contributed by atoms with E-state index in [1.54, 1.807) is 0 Å². The summed E-state index contributed by atoms with van der Waals surface area (Å²) in [6, 6.07) is 57.6. The third kappa shape index (κ3) is 4.32. The predicted octanol–water partition coefficient (Wildman–Crippen LogP) is 12.8. The molecule has 0 fully saturated rings. The van der Waals surface area contributed by atoms with E-state index in [1.807, 2.05) is 23.5 Å². The van der Waals surface area contributed by atoms with Crippen LogP contribution in [0.5, 0.6) is 0 Å². The van der Waals surface area contributed by atoms with Crippen molar-refractivity contribution in [3.8, 4) is 39.6 Å². The molecule has 0 saturated carbocycles. The molecule has 0 aliphatic carbocycles. The minimum atomic E-state index is 0.616. The molecule has 7 aromatic carbocycles. The van der Waals surface area contributed by atoms with Crippen molar-refractivity contribution < 1.29 is 4.42 Å². The van der Waals surface area contributed by atoms with Crippen LogP contribution in [-0.2, 0) is 0 Å². The number of para-hydroxylation sites is 2. The summed E-state index contributed by atoms with van der Waals surface area (Å²) in [6.07, 6.45) is 0. The van der Waals surface area contributed by atoms with Crippen LogP contribution in [0.4, 0.5) is 0 Å². The van der Waals surface area contributed by atoms with Crippen molar-refractivity contribution in [1.82, 2.24) is 14.5 Å². The minimum Gasteiger partial charge on any atom is -0.455 e. The van der Waals surface area contributed by atoms with Crippen LogP contribution in [0.15, 0.2) is 168 Å². The van der Waals surface area contributed by atoms with E-state index in [0.29, 0.717) is 5.95 Å². The summed E-state index contributed by atoms with van der Waals surface area (Å²) in [5, 5.41) is 6.84. The van der Waals surface area contributed by atoms with Gasteiger partial charge in [-0.3, -0.25) is 4.57 Å². The Hall–Kier alpha value is -6.56. The lowest BCUT2D eigenvalue weighted by Crippen LogP contribution is -2.04. The minimum absolute atomic E-state index is 0.616. The number of nitrogens with zero attached hydrogens (tertiary/aromatic N) is 3. The van der Waals surface area contributed by atoms with Crippen LogP contribution in [0, 0.1) is 0 Å². The van der Waals surface area contributed by atoms with E-state index in [4.69, 9.17) is 14.4 Å². The Labute approximate surface area is 296 Å². The normalized spacial score (nSPS) is 11.9. The van der Waals surface area contributed by atoms with E-state index >= 15 is 0 Å². The van der Waals surface area contributed by atoms with Gasteiger partial charge >= 0.3 is 0 Å². The Balaban J connectivity index is 1.23. The number of hydrogen-bond donors (Lipinski definition) is 0. The SMILES string of the molecule is c1ccc(-c2cccc(-c3cc(-c4cccc5sc6ccccc6c45)nc(-n4c5ccccc5c5c6oc7ccccc7c6ccc54)n3)c2)cc1. The van der Waals surface area contributed by atoms with Crippen molar-refractivity contribution >= 4 is 75.3 Å². The zero-order valence-corrected chi connectivity index (χ0v) is 28.1. The molecular formula is C46H27N3OS. The van der Waals surface area contributed by atoms with Gasteiger partial charge in [0.15, 0.2) is 0 Å². The van der Waals surface area contributed by atoms with Crippen molar-refractivity contribution in [3.63, 3.8) is 0 Å². The third-order valence-corrected chi connectivity index (χ3v) is 11.2. The zero-order chi connectivity index (χ0) is 33.5. The third-order valence-electron chi connectivity index (χ3n) is 10.0. The number of rotatable bonds is 4. The maximum absolute atomic E-state index is 6.59. The van der Waals surface area contributed by atoms with Gasteiger partial charge in [-0.25, -0.2) is 9.97 Å². The summed E-state index contributed by atoms with van der Waals surface area (Å²) in [7, 11) is 0. The average Bonchev–Trinajstić information content (AvgIpc) is 3.87. The number of hydrogen-bond acceptors (Lipinski definition) is 4. The fraction of sp³-hybridized carbons (Fsp3) is 0. The molecule has 0 atom stereocenters. The number of fused-ring (bicyclic) bond motifs is 10. The summed E-state index contributed by atoms with van der Waals surface area (Å²) in [6.45, 7) is 0. The lowest BCUT2D eigenvalue weighted by atomic mass is 9.99. The van der Waals surface area contributed by atoms with Crippen molar-refractivity contribution in [2.75, 3.05) is 0 Å². The molecular weight excluding hydrogens is 643 g/mol. The van der Waals surface area contributed by atoms with E-state index in [0.717, 1.165) is 71.8 Å². The second kappa shape index (κ2) is 11.0. The second-order valence-corrected chi connectivity index (χ2v) is 14.0. The van der Waals surface area contributed by atoms with Crippen LogP contribution in [0.3, 0.4) is 0 Å². The van der Waals surface area contributed by atoms with E-state index in [9.17, 15) is 0 Å². The number of aromatic nitrogens is 3. The molecule has 0 spiro atoms. The molecule has 4 aromatic heterocycles. The van der Waals surface area contributed by atoms with Gasteiger partial charge in [-0.2, -0.15) is 0 Å². The maximum atomic E-state index is 6.59. The molecule has 0 aliphatic heterocycles. The molecule has 0 amide bonds. The van der Waals surface area contributed by atoms with Crippen molar-refractivity contribution in [2.45, 2.75) is 0 Å². The molecule has 0 saturated heterocycles. The first-order valence-electron chi connectivity index (χ1n) is 17.1. The Morgan fingerprint density at radius 2 is 1.16 bits per heavy atom. The fourth-order valence-electron chi connectivity index (χ4n) is 7.75. The van der Waals surface area contributed by atoms with Gasteiger partial charge < -0.3 is 4.42 Å². The number of thiophene rings is 1. The zero-order valence-electron chi connectivity index (χ0n) is 27.2. The molecule has 0 aliphatic rings. The standard InChI is InChI=1S/C46H27N3OS/c1-2-12-28(13-3-1)29-14-10-15-30(26-29)36-27-37(33-19-11-23-42-43(33)35-18-6-9-22-41(35)51-42)48-46(47-36)49-38-20-7-4-17-34(38)44-39(49)25-24-32-31-16-5-8-21-40(31)50-45(32)44/h1-27H. The first-order chi connectivity index (χ1) is 25.3. The highest BCUT2D eigenvalue weighted by Crippen LogP contribution is 2.43. The lowest BCUT2D eigenvalue weighted by molar-refractivity contribution is 0.673. The quantitative estimate of drug-likeness (QED) is 0.187. The van der Waals surface area contributed by atoms with Gasteiger partial charge in [-0.15, -0.1) is 11.3 Å². The average molecular weight is 670 g/mol. The first-order valence-corrected chi connectivity index (χ1v) is 17.9. The smallest absolute Gasteiger partial charge is 0.235 e. The summed E-state index contributed by atoms with van der Waals surface area (Å²) >= 11 is 1.82. The van der Waals surface area contributed by atoms with Crippen LogP contribution < -0.4 is 0 Å². The molecule has 0 bridgehead atoms. The predicted molar refractivity (Wildman–Crippen MR) is 213 cm³/mol. The van der Waals surface area contributed by atoms with Crippen LogP contribution >= 0.6 is 11.3 Å². The van der Waals surface area contributed by atoms with Crippen LogP contribution in [0.2, 0.25) is 0 Å². The maximum Gasteiger partial charge on any atom is 0.235 e. The van der Waals surface area contributed by atoms with Gasteiger partial charge in [0.1, 0.15) is 11.2 Å². The Bertz CT molecular complexity index is 3150. The van der Waals surface area contributed by atoms with Crippen LogP contribution in [0.1, 0.15) is 0 Å². The van der Waals surface area contributed by atoms with Gasteiger partial charge in [0.25, 0.3) is 0 Å². The Morgan fingerprint density at radius 3 is 2.08 bits per heavy atom. The molecule has 0 unspecified atom stereocenters. The number of furan rings is 1. The highest BCUT2D eigenvalue weighted by molar-refractivity contribution is 7.25. The monoisotopic (exact) mass is 669 g/mol. The van der Waals surface area contributed by atoms with Gasteiger partial charge in [-0.05, 0) is 59.7 Å². The molecule has 4 nitrogen and oxygen atoms in total. The van der Waals surface area contributed by atoms with Crippen LogP contribution in [-0.4, -0.2) is 14.5 Å². The summed E-state index contributed by atoms with van der Waals surface area (Å²) in [5.74, 6) is 0.616. The van der Waals surface area contributed by atoms with E-state index in [-0.39, 0.29) is 0 Å². The Morgan fingerprint density at radius 1 is 0.451 bits per heavy atom. The Kier molecular flexibility index (Phi) is 6.09. The van der Waals surface area contributed by atoms with Gasteiger partial charge in [0, 0.05) is 47.5 Å².